The van der Waals surface area contributed by atoms with Gasteiger partial charge in [0.1, 0.15) is 11.9 Å². The predicted molar refractivity (Wildman–Crippen MR) is 86.6 cm³/mol. The number of aromatic nitrogens is 2. The maximum atomic E-state index is 13.0. The summed E-state index contributed by atoms with van der Waals surface area (Å²) in [6, 6.07) is 4.72. The van der Waals surface area contributed by atoms with Gasteiger partial charge in [-0.25, -0.2) is 13.9 Å². The molecule has 0 aliphatic carbocycles. The van der Waals surface area contributed by atoms with Gasteiger partial charge in [-0.05, 0) is 43.5 Å². The van der Waals surface area contributed by atoms with E-state index in [1.165, 1.54) is 16.8 Å². The van der Waals surface area contributed by atoms with Crippen molar-refractivity contribution >= 4 is 11.9 Å². The van der Waals surface area contributed by atoms with Crippen molar-refractivity contribution in [3.05, 3.63) is 47.5 Å². The number of hydrogen-bond donors (Lipinski definition) is 2. The number of carboxylic acids is 1. The minimum Gasteiger partial charge on any atom is -0.480 e. The van der Waals surface area contributed by atoms with E-state index in [0.717, 1.165) is 0 Å². The van der Waals surface area contributed by atoms with Gasteiger partial charge in [0.25, 0.3) is 5.91 Å². The molecule has 128 valence electrons. The highest BCUT2D eigenvalue weighted by Gasteiger charge is 2.24. The summed E-state index contributed by atoms with van der Waals surface area (Å²) in [6.45, 7) is 5.48. The second-order valence-electron chi connectivity index (χ2n) is 6.08. The van der Waals surface area contributed by atoms with Crippen LogP contribution in [-0.2, 0) is 4.79 Å². The number of aliphatic carboxylic acids is 1. The summed E-state index contributed by atoms with van der Waals surface area (Å²) in [7, 11) is 0. The fraction of sp³-hybridized carbons (Fsp3) is 0.353. The lowest BCUT2D eigenvalue weighted by Crippen LogP contribution is -2.42. The maximum Gasteiger partial charge on any atom is 0.326 e. The number of hydrogen-bond acceptors (Lipinski definition) is 3. The zero-order chi connectivity index (χ0) is 17.9. The first-order chi connectivity index (χ1) is 11.3. The molecular weight excluding hydrogens is 313 g/mol. The van der Waals surface area contributed by atoms with Crippen molar-refractivity contribution in [1.82, 2.24) is 15.1 Å². The third-order valence-electron chi connectivity index (χ3n) is 3.51. The molecule has 0 aliphatic rings. The van der Waals surface area contributed by atoms with Crippen molar-refractivity contribution in [2.45, 2.75) is 33.2 Å². The van der Waals surface area contributed by atoms with Crippen molar-refractivity contribution in [2.75, 3.05) is 0 Å². The Bertz CT molecular complexity index is 738. The van der Waals surface area contributed by atoms with Crippen LogP contribution in [0.5, 0.6) is 0 Å². The highest BCUT2D eigenvalue weighted by Crippen LogP contribution is 2.13. The molecule has 0 aliphatic heterocycles. The van der Waals surface area contributed by atoms with Gasteiger partial charge in [0.15, 0.2) is 5.69 Å². The van der Waals surface area contributed by atoms with Crippen LogP contribution in [0.25, 0.3) is 5.69 Å². The SMILES string of the molecule is Cc1cn(-c2ccc(F)cc2)nc1C(=O)N[C@@H](CC(C)C)C(=O)O. The Morgan fingerprint density at radius 1 is 1.29 bits per heavy atom. The van der Waals surface area contributed by atoms with E-state index >= 15 is 0 Å². The number of rotatable bonds is 6. The number of carboxylic acid groups (broad SMARTS) is 1. The van der Waals surface area contributed by atoms with E-state index in [9.17, 15) is 19.1 Å². The number of benzene rings is 1. The Hall–Kier alpha value is -2.70. The zero-order valence-electron chi connectivity index (χ0n) is 13.8. The smallest absolute Gasteiger partial charge is 0.326 e. The number of halogens is 1. The summed E-state index contributed by atoms with van der Waals surface area (Å²) >= 11 is 0. The first-order valence-electron chi connectivity index (χ1n) is 7.63. The lowest BCUT2D eigenvalue weighted by molar-refractivity contribution is -0.139. The Morgan fingerprint density at radius 3 is 2.46 bits per heavy atom. The molecule has 0 saturated carbocycles. The third kappa shape index (κ3) is 4.18. The molecule has 0 saturated heterocycles. The molecule has 0 fully saturated rings. The van der Waals surface area contributed by atoms with E-state index in [-0.39, 0.29) is 17.4 Å². The largest absolute Gasteiger partial charge is 0.480 e. The van der Waals surface area contributed by atoms with Crippen LogP contribution in [0.4, 0.5) is 4.39 Å². The predicted octanol–water partition coefficient (Wildman–Crippen LogP) is 2.55. The normalized spacial score (nSPS) is 12.2. The first-order valence-corrected chi connectivity index (χ1v) is 7.63. The van der Waals surface area contributed by atoms with Gasteiger partial charge in [0.05, 0.1) is 5.69 Å². The number of nitrogens with zero attached hydrogens (tertiary/aromatic N) is 2. The van der Waals surface area contributed by atoms with E-state index in [4.69, 9.17) is 0 Å². The quantitative estimate of drug-likeness (QED) is 0.851. The molecule has 1 heterocycles. The zero-order valence-corrected chi connectivity index (χ0v) is 13.8. The van der Waals surface area contributed by atoms with Crippen molar-refractivity contribution in [3.8, 4) is 5.69 Å². The summed E-state index contributed by atoms with van der Waals surface area (Å²) in [5, 5.41) is 15.9. The average molecular weight is 333 g/mol. The van der Waals surface area contributed by atoms with E-state index in [0.29, 0.717) is 17.7 Å². The molecule has 1 amide bonds. The summed E-state index contributed by atoms with van der Waals surface area (Å²) in [4.78, 5) is 23.6. The van der Waals surface area contributed by atoms with Crippen LogP contribution in [0.15, 0.2) is 30.5 Å². The van der Waals surface area contributed by atoms with Gasteiger partial charge in [-0.2, -0.15) is 5.10 Å². The van der Waals surface area contributed by atoms with Gasteiger partial charge in [-0.3, -0.25) is 4.79 Å². The highest BCUT2D eigenvalue weighted by atomic mass is 19.1. The fourth-order valence-electron chi connectivity index (χ4n) is 2.33. The van der Waals surface area contributed by atoms with Crippen LogP contribution in [-0.4, -0.2) is 32.8 Å². The van der Waals surface area contributed by atoms with Crippen LogP contribution in [0.3, 0.4) is 0 Å². The minimum atomic E-state index is -1.08. The highest BCUT2D eigenvalue weighted by molar-refractivity contribution is 5.96. The van der Waals surface area contributed by atoms with Gasteiger partial charge in [0.2, 0.25) is 0 Å². The molecule has 1 aromatic heterocycles. The van der Waals surface area contributed by atoms with Crippen LogP contribution in [0.1, 0.15) is 36.3 Å². The minimum absolute atomic E-state index is 0.129. The molecule has 0 bridgehead atoms. The molecule has 0 unspecified atom stereocenters. The van der Waals surface area contributed by atoms with Crippen molar-refractivity contribution < 1.29 is 19.1 Å². The van der Waals surface area contributed by atoms with Gasteiger partial charge in [0, 0.05) is 11.8 Å². The molecule has 7 heteroatoms. The van der Waals surface area contributed by atoms with Gasteiger partial charge in [-0.1, -0.05) is 13.8 Å². The molecular formula is C17H20FN3O3. The fourth-order valence-corrected chi connectivity index (χ4v) is 2.33. The van der Waals surface area contributed by atoms with Gasteiger partial charge >= 0.3 is 5.97 Å². The third-order valence-corrected chi connectivity index (χ3v) is 3.51. The van der Waals surface area contributed by atoms with E-state index in [1.54, 1.807) is 25.3 Å². The molecule has 2 aromatic rings. The lowest BCUT2D eigenvalue weighted by atomic mass is 10.0. The lowest BCUT2D eigenvalue weighted by Gasteiger charge is -2.15. The molecule has 1 atom stereocenters. The molecule has 1 aromatic carbocycles. The summed E-state index contributed by atoms with van der Waals surface area (Å²) in [5.74, 6) is -1.85. The summed E-state index contributed by atoms with van der Waals surface area (Å²) in [6.07, 6.45) is 1.97. The number of amides is 1. The second kappa shape index (κ2) is 7.25. The van der Waals surface area contributed by atoms with Crippen LogP contribution in [0, 0.1) is 18.7 Å². The summed E-state index contributed by atoms with van der Waals surface area (Å²) < 4.78 is 14.4. The molecule has 2 N–H and O–H groups in total. The molecule has 24 heavy (non-hydrogen) atoms. The summed E-state index contributed by atoms with van der Waals surface area (Å²) in [5.41, 5.74) is 1.36. The second-order valence-corrected chi connectivity index (χ2v) is 6.08. The number of carbonyl (C=O) groups excluding carboxylic acids is 1. The Balaban J connectivity index is 2.21. The van der Waals surface area contributed by atoms with E-state index in [2.05, 4.69) is 10.4 Å². The molecule has 0 spiro atoms. The monoisotopic (exact) mass is 333 g/mol. The van der Waals surface area contributed by atoms with E-state index < -0.39 is 17.9 Å². The van der Waals surface area contributed by atoms with Crippen LogP contribution < -0.4 is 5.32 Å². The number of carbonyl (C=O) groups is 2. The number of nitrogens with one attached hydrogen (secondary N) is 1. The van der Waals surface area contributed by atoms with Crippen molar-refractivity contribution in [1.29, 1.82) is 0 Å². The molecule has 6 nitrogen and oxygen atoms in total. The van der Waals surface area contributed by atoms with Gasteiger partial charge in [-0.15, -0.1) is 0 Å². The Labute approximate surface area is 139 Å². The first kappa shape index (κ1) is 17.7. The Morgan fingerprint density at radius 2 is 1.92 bits per heavy atom. The van der Waals surface area contributed by atoms with E-state index in [1.807, 2.05) is 13.8 Å². The Kier molecular flexibility index (Phi) is 5.33. The van der Waals surface area contributed by atoms with Gasteiger partial charge < -0.3 is 10.4 Å². The standard InChI is InChI=1S/C17H20FN3O3/c1-10(2)8-14(17(23)24)19-16(22)15-11(3)9-21(20-15)13-6-4-12(18)5-7-13/h4-7,9-10,14H,8H2,1-3H3,(H,19,22)(H,23,24)/t14-/m0/s1. The maximum absolute atomic E-state index is 13.0. The average Bonchev–Trinajstić information content (AvgIpc) is 2.88. The number of aryl methyl sites for hydroxylation is 1. The topological polar surface area (TPSA) is 84.2 Å². The van der Waals surface area contributed by atoms with Crippen molar-refractivity contribution in [3.63, 3.8) is 0 Å². The van der Waals surface area contributed by atoms with Crippen LogP contribution >= 0.6 is 0 Å². The van der Waals surface area contributed by atoms with Crippen molar-refractivity contribution in [2.24, 2.45) is 5.92 Å². The molecule has 0 radical (unpaired) electrons. The molecule has 2 rings (SSSR count). The van der Waals surface area contributed by atoms with Crippen LogP contribution in [0.2, 0.25) is 0 Å².